The highest BCUT2D eigenvalue weighted by molar-refractivity contribution is 5.17. The molecule has 0 saturated heterocycles. The van der Waals surface area contributed by atoms with Crippen LogP contribution in [0.25, 0.3) is 0 Å². The van der Waals surface area contributed by atoms with Gasteiger partial charge in [-0.25, -0.2) is 0 Å². The van der Waals surface area contributed by atoms with E-state index < -0.39 is 0 Å². The number of nitrogens with zero attached hydrogens (tertiary/aromatic N) is 3. The van der Waals surface area contributed by atoms with E-state index in [9.17, 15) is 0 Å². The van der Waals surface area contributed by atoms with Crippen molar-refractivity contribution >= 4 is 0 Å². The average Bonchev–Trinajstić information content (AvgIpc) is 3.10. The van der Waals surface area contributed by atoms with Gasteiger partial charge in [0.2, 0.25) is 0 Å². The largest absolute Gasteiger partial charge is 0.307 e. The monoisotopic (exact) mass is 292 g/mol. The fourth-order valence-corrected chi connectivity index (χ4v) is 3.83. The predicted octanol–water partition coefficient (Wildman–Crippen LogP) is 3.21. The summed E-state index contributed by atoms with van der Waals surface area (Å²) in [7, 11) is 4.49. The zero-order chi connectivity index (χ0) is 15.3. The standard InChI is InChI=1S/C17H32N4/c1-5-12-18-16(15-9-13-19-21(15)14-6-2)17(20(3)4)10-7-8-11-17/h9,13,16,18H,5-8,10-12,14H2,1-4H3. The highest BCUT2D eigenvalue weighted by Gasteiger charge is 2.44. The van der Waals surface area contributed by atoms with E-state index in [0.29, 0.717) is 6.04 Å². The summed E-state index contributed by atoms with van der Waals surface area (Å²) in [6, 6.07) is 2.59. The molecule has 4 nitrogen and oxygen atoms in total. The van der Waals surface area contributed by atoms with Crippen molar-refractivity contribution < 1.29 is 0 Å². The number of rotatable bonds is 8. The molecule has 21 heavy (non-hydrogen) atoms. The first kappa shape index (κ1) is 16.5. The van der Waals surface area contributed by atoms with Crippen LogP contribution >= 0.6 is 0 Å². The zero-order valence-electron chi connectivity index (χ0n) is 14.2. The molecule has 0 spiro atoms. The molecule has 1 aromatic heterocycles. The minimum atomic E-state index is 0.237. The number of nitrogens with one attached hydrogen (secondary N) is 1. The molecule has 1 unspecified atom stereocenters. The Morgan fingerprint density at radius 1 is 1.29 bits per heavy atom. The van der Waals surface area contributed by atoms with Crippen molar-refractivity contribution in [1.29, 1.82) is 0 Å². The maximum atomic E-state index is 4.55. The molecule has 0 amide bonds. The van der Waals surface area contributed by atoms with Gasteiger partial charge >= 0.3 is 0 Å². The number of hydrogen-bond donors (Lipinski definition) is 1. The van der Waals surface area contributed by atoms with Crippen molar-refractivity contribution in [2.45, 2.75) is 70.5 Å². The lowest BCUT2D eigenvalue weighted by Gasteiger charge is -2.44. The van der Waals surface area contributed by atoms with Crippen molar-refractivity contribution in [3.63, 3.8) is 0 Å². The molecule has 1 aliphatic rings. The van der Waals surface area contributed by atoms with E-state index in [2.05, 4.69) is 54.0 Å². The third-order valence-electron chi connectivity index (χ3n) is 4.98. The van der Waals surface area contributed by atoms with E-state index in [1.807, 2.05) is 6.20 Å². The minimum Gasteiger partial charge on any atom is -0.307 e. The first-order valence-electron chi connectivity index (χ1n) is 8.58. The summed E-state index contributed by atoms with van der Waals surface area (Å²) in [6.45, 7) is 6.54. The van der Waals surface area contributed by atoms with Gasteiger partial charge < -0.3 is 10.2 Å². The fourth-order valence-electron chi connectivity index (χ4n) is 3.83. The van der Waals surface area contributed by atoms with Crippen LogP contribution in [0.5, 0.6) is 0 Å². The van der Waals surface area contributed by atoms with E-state index in [0.717, 1.165) is 19.5 Å². The number of hydrogen-bond acceptors (Lipinski definition) is 3. The van der Waals surface area contributed by atoms with Crippen LogP contribution in [-0.2, 0) is 6.54 Å². The highest BCUT2D eigenvalue weighted by atomic mass is 15.3. The van der Waals surface area contributed by atoms with Gasteiger partial charge in [-0.1, -0.05) is 26.7 Å². The molecular weight excluding hydrogens is 260 g/mol. The Balaban J connectivity index is 2.34. The van der Waals surface area contributed by atoms with Gasteiger partial charge in [0.1, 0.15) is 0 Å². The van der Waals surface area contributed by atoms with E-state index >= 15 is 0 Å². The molecule has 1 heterocycles. The summed E-state index contributed by atoms with van der Waals surface area (Å²) >= 11 is 0. The molecule has 120 valence electrons. The summed E-state index contributed by atoms with van der Waals surface area (Å²) in [5.74, 6) is 0. The molecule has 1 N–H and O–H groups in total. The van der Waals surface area contributed by atoms with Gasteiger partial charge in [0.05, 0.1) is 11.7 Å². The second kappa shape index (κ2) is 7.41. The van der Waals surface area contributed by atoms with Crippen molar-refractivity contribution in [3.8, 4) is 0 Å². The minimum absolute atomic E-state index is 0.237. The number of aromatic nitrogens is 2. The predicted molar refractivity (Wildman–Crippen MR) is 88.4 cm³/mol. The topological polar surface area (TPSA) is 33.1 Å². The van der Waals surface area contributed by atoms with Gasteiger partial charge in [-0.15, -0.1) is 0 Å². The Bertz CT molecular complexity index is 418. The summed E-state index contributed by atoms with van der Waals surface area (Å²) in [4.78, 5) is 2.45. The first-order chi connectivity index (χ1) is 10.2. The lowest BCUT2D eigenvalue weighted by molar-refractivity contribution is 0.0998. The van der Waals surface area contributed by atoms with Crippen LogP contribution in [0.2, 0.25) is 0 Å². The lowest BCUT2D eigenvalue weighted by Crippen LogP contribution is -2.52. The van der Waals surface area contributed by atoms with E-state index in [1.165, 1.54) is 37.8 Å². The second-order valence-electron chi connectivity index (χ2n) is 6.57. The van der Waals surface area contributed by atoms with Crippen LogP contribution in [0.4, 0.5) is 0 Å². The summed E-state index contributed by atoms with van der Waals surface area (Å²) < 4.78 is 2.21. The van der Waals surface area contributed by atoms with Crippen LogP contribution in [0, 0.1) is 0 Å². The maximum Gasteiger partial charge on any atom is 0.0678 e. The van der Waals surface area contributed by atoms with Gasteiger partial charge in [-0.2, -0.15) is 5.10 Å². The van der Waals surface area contributed by atoms with Crippen LogP contribution in [0.15, 0.2) is 12.3 Å². The molecule has 1 saturated carbocycles. The normalized spacial score (nSPS) is 19.3. The van der Waals surface area contributed by atoms with Crippen molar-refractivity contribution in [1.82, 2.24) is 20.0 Å². The molecule has 0 radical (unpaired) electrons. The summed E-state index contributed by atoms with van der Waals surface area (Å²) in [5.41, 5.74) is 1.60. The Labute approximate surface area is 129 Å². The molecule has 4 heteroatoms. The van der Waals surface area contributed by atoms with Gasteiger partial charge in [-0.05, 0) is 52.4 Å². The smallest absolute Gasteiger partial charge is 0.0678 e. The molecular formula is C17H32N4. The van der Waals surface area contributed by atoms with Crippen LogP contribution in [0.1, 0.15) is 64.1 Å². The Morgan fingerprint density at radius 2 is 2.00 bits per heavy atom. The van der Waals surface area contributed by atoms with Crippen molar-refractivity contribution in [3.05, 3.63) is 18.0 Å². The fraction of sp³-hybridized carbons (Fsp3) is 0.824. The number of likely N-dealkylation sites (N-methyl/N-ethyl adjacent to an activating group) is 1. The number of aryl methyl sites for hydroxylation is 1. The van der Waals surface area contributed by atoms with E-state index in [-0.39, 0.29) is 5.54 Å². The van der Waals surface area contributed by atoms with Crippen LogP contribution < -0.4 is 5.32 Å². The third-order valence-corrected chi connectivity index (χ3v) is 4.98. The Kier molecular flexibility index (Phi) is 5.82. The van der Waals surface area contributed by atoms with Gasteiger partial charge in [-0.3, -0.25) is 4.68 Å². The summed E-state index contributed by atoms with van der Waals surface area (Å²) in [6.07, 6.45) is 9.49. The molecule has 0 aromatic carbocycles. The molecule has 1 atom stereocenters. The highest BCUT2D eigenvalue weighted by Crippen LogP contribution is 2.43. The molecule has 2 rings (SSSR count). The first-order valence-corrected chi connectivity index (χ1v) is 8.58. The molecule has 0 bridgehead atoms. The molecule has 1 aliphatic carbocycles. The molecule has 1 aromatic rings. The SMILES string of the molecule is CCCNC(c1ccnn1CCC)C1(N(C)C)CCCC1. The Hall–Kier alpha value is -0.870. The van der Waals surface area contributed by atoms with Gasteiger partial charge in [0.15, 0.2) is 0 Å². The Morgan fingerprint density at radius 3 is 2.57 bits per heavy atom. The maximum absolute atomic E-state index is 4.55. The van der Waals surface area contributed by atoms with Crippen LogP contribution in [-0.4, -0.2) is 40.9 Å². The average molecular weight is 292 g/mol. The summed E-state index contributed by atoms with van der Waals surface area (Å²) in [5, 5.41) is 8.39. The van der Waals surface area contributed by atoms with Crippen molar-refractivity contribution in [2.75, 3.05) is 20.6 Å². The van der Waals surface area contributed by atoms with E-state index in [4.69, 9.17) is 0 Å². The van der Waals surface area contributed by atoms with E-state index in [1.54, 1.807) is 0 Å². The van der Waals surface area contributed by atoms with Crippen molar-refractivity contribution in [2.24, 2.45) is 0 Å². The van der Waals surface area contributed by atoms with Crippen LogP contribution in [0.3, 0.4) is 0 Å². The zero-order valence-corrected chi connectivity index (χ0v) is 14.2. The molecule has 1 fully saturated rings. The quantitative estimate of drug-likeness (QED) is 0.798. The van der Waals surface area contributed by atoms with Gasteiger partial charge in [0, 0.05) is 18.3 Å². The third kappa shape index (κ3) is 3.32. The molecule has 0 aliphatic heterocycles. The second-order valence-corrected chi connectivity index (χ2v) is 6.57. The lowest BCUT2D eigenvalue weighted by atomic mass is 9.84. The van der Waals surface area contributed by atoms with Gasteiger partial charge in [0.25, 0.3) is 0 Å².